The van der Waals surface area contributed by atoms with Crippen LogP contribution in [0.2, 0.25) is 5.02 Å². The summed E-state index contributed by atoms with van der Waals surface area (Å²) >= 11 is 7.69. The quantitative estimate of drug-likeness (QED) is 0.663. The van der Waals surface area contributed by atoms with Crippen LogP contribution in [-0.4, -0.2) is 4.98 Å². The van der Waals surface area contributed by atoms with Crippen molar-refractivity contribution in [2.75, 3.05) is 0 Å². The summed E-state index contributed by atoms with van der Waals surface area (Å²) in [6.45, 7) is 0. The van der Waals surface area contributed by atoms with E-state index >= 15 is 0 Å². The molecule has 5 heteroatoms. The van der Waals surface area contributed by atoms with E-state index in [0.717, 1.165) is 28.5 Å². The number of aromatic nitrogens is 1. The maximum atomic E-state index is 5.96. The molecular weight excluding hydrogens is 294 g/mol. The summed E-state index contributed by atoms with van der Waals surface area (Å²) in [5.41, 5.74) is 1.80. The maximum Gasteiger partial charge on any atom is 0.226 e. The van der Waals surface area contributed by atoms with Crippen LogP contribution in [0.1, 0.15) is 11.5 Å². The van der Waals surface area contributed by atoms with Crippen molar-refractivity contribution in [3.8, 4) is 11.5 Å². The second-order valence-corrected chi connectivity index (χ2v) is 5.65. The molecule has 0 bridgehead atoms. The fourth-order valence-corrected chi connectivity index (χ4v) is 2.78. The van der Waals surface area contributed by atoms with Crippen molar-refractivity contribution in [1.82, 2.24) is 4.98 Å². The molecule has 0 unspecified atom stereocenters. The van der Waals surface area contributed by atoms with Gasteiger partial charge in [0.2, 0.25) is 5.89 Å². The molecular formula is C15H12ClNO2S. The third-order valence-electron chi connectivity index (χ3n) is 2.70. The summed E-state index contributed by atoms with van der Waals surface area (Å²) in [7, 11) is 0. The van der Waals surface area contributed by atoms with Gasteiger partial charge in [-0.15, -0.1) is 11.8 Å². The lowest BCUT2D eigenvalue weighted by molar-refractivity contribution is 0.530. The highest BCUT2D eigenvalue weighted by molar-refractivity contribution is 7.97. The fraction of sp³-hybridized carbons (Fsp3) is 0.133. The largest absolute Gasteiger partial charge is 0.468 e. The van der Waals surface area contributed by atoms with Crippen LogP contribution in [0.5, 0.6) is 0 Å². The van der Waals surface area contributed by atoms with Crippen LogP contribution < -0.4 is 0 Å². The molecule has 0 aliphatic carbocycles. The molecule has 3 nitrogen and oxygen atoms in total. The third-order valence-corrected chi connectivity index (χ3v) is 3.92. The zero-order valence-corrected chi connectivity index (χ0v) is 12.2. The van der Waals surface area contributed by atoms with E-state index < -0.39 is 0 Å². The van der Waals surface area contributed by atoms with Crippen LogP contribution in [-0.2, 0) is 11.5 Å². The predicted molar refractivity (Wildman–Crippen MR) is 80.7 cm³/mol. The van der Waals surface area contributed by atoms with E-state index in [2.05, 4.69) is 4.98 Å². The number of benzene rings is 1. The molecule has 0 fully saturated rings. The number of nitrogens with zero attached hydrogens (tertiary/aromatic N) is 1. The topological polar surface area (TPSA) is 39.2 Å². The average molecular weight is 306 g/mol. The molecule has 3 rings (SSSR count). The van der Waals surface area contributed by atoms with Crippen molar-refractivity contribution >= 4 is 23.4 Å². The first-order valence-corrected chi connectivity index (χ1v) is 7.65. The van der Waals surface area contributed by atoms with Gasteiger partial charge in [-0.1, -0.05) is 17.7 Å². The zero-order chi connectivity index (χ0) is 13.8. The smallest absolute Gasteiger partial charge is 0.226 e. The lowest BCUT2D eigenvalue weighted by Gasteiger charge is -1.96. The van der Waals surface area contributed by atoms with E-state index in [1.54, 1.807) is 24.3 Å². The zero-order valence-electron chi connectivity index (χ0n) is 10.6. The Morgan fingerprint density at radius 1 is 1.10 bits per heavy atom. The average Bonchev–Trinajstić information content (AvgIpc) is 3.10. The van der Waals surface area contributed by atoms with Crippen molar-refractivity contribution < 1.29 is 8.83 Å². The Balaban J connectivity index is 1.62. The molecule has 3 aromatic rings. The minimum Gasteiger partial charge on any atom is -0.468 e. The van der Waals surface area contributed by atoms with Crippen LogP contribution in [0.4, 0.5) is 0 Å². The van der Waals surface area contributed by atoms with E-state index in [0.29, 0.717) is 10.9 Å². The van der Waals surface area contributed by atoms with Gasteiger partial charge in [0, 0.05) is 16.3 Å². The lowest BCUT2D eigenvalue weighted by atomic mass is 10.2. The SMILES string of the molecule is Clc1cccc(-c2nc(CSCc3ccco3)co2)c1. The molecule has 2 heterocycles. The third kappa shape index (κ3) is 3.26. The van der Waals surface area contributed by atoms with Crippen LogP contribution in [0.15, 0.2) is 57.8 Å². The standard InChI is InChI=1S/C15H12ClNO2S/c16-12-4-1-3-11(7-12)15-17-13(8-19-15)9-20-10-14-5-2-6-18-14/h1-8H,9-10H2. The van der Waals surface area contributed by atoms with Gasteiger partial charge >= 0.3 is 0 Å². The monoisotopic (exact) mass is 305 g/mol. The summed E-state index contributed by atoms with van der Waals surface area (Å²) in [5, 5.41) is 0.675. The number of halogens is 1. The van der Waals surface area contributed by atoms with Crippen LogP contribution in [0, 0.1) is 0 Å². The first-order chi connectivity index (χ1) is 9.81. The van der Waals surface area contributed by atoms with Crippen molar-refractivity contribution in [2.24, 2.45) is 0 Å². The fourth-order valence-electron chi connectivity index (χ4n) is 1.78. The molecule has 0 spiro atoms. The van der Waals surface area contributed by atoms with Crippen molar-refractivity contribution in [3.05, 3.63) is 65.4 Å². The van der Waals surface area contributed by atoms with E-state index in [1.165, 1.54) is 0 Å². The molecule has 0 saturated heterocycles. The molecule has 2 aromatic heterocycles. The Labute approximate surface area is 126 Å². The van der Waals surface area contributed by atoms with Gasteiger partial charge in [0.25, 0.3) is 0 Å². The van der Waals surface area contributed by atoms with Crippen molar-refractivity contribution in [2.45, 2.75) is 11.5 Å². The summed E-state index contributed by atoms with van der Waals surface area (Å²) in [6, 6.07) is 11.3. The van der Waals surface area contributed by atoms with Crippen molar-refractivity contribution in [1.29, 1.82) is 0 Å². The van der Waals surface area contributed by atoms with Gasteiger partial charge in [-0.3, -0.25) is 0 Å². The minimum atomic E-state index is 0.598. The van der Waals surface area contributed by atoms with E-state index in [4.69, 9.17) is 20.4 Å². The Hall–Kier alpha value is -1.65. The summed E-state index contributed by atoms with van der Waals surface area (Å²) in [6.07, 6.45) is 3.37. The van der Waals surface area contributed by atoms with Gasteiger partial charge in [0.05, 0.1) is 17.7 Å². The normalized spacial score (nSPS) is 10.8. The molecule has 0 amide bonds. The number of thioether (sulfide) groups is 1. The van der Waals surface area contributed by atoms with E-state index in [9.17, 15) is 0 Å². The molecule has 0 N–H and O–H groups in total. The van der Waals surface area contributed by atoms with Gasteiger partial charge in [-0.25, -0.2) is 4.98 Å². The highest BCUT2D eigenvalue weighted by Crippen LogP contribution is 2.24. The van der Waals surface area contributed by atoms with E-state index in [1.807, 2.05) is 36.4 Å². The number of oxazole rings is 1. The molecule has 20 heavy (non-hydrogen) atoms. The summed E-state index contributed by atoms with van der Waals surface area (Å²) < 4.78 is 10.8. The van der Waals surface area contributed by atoms with Gasteiger partial charge in [-0.2, -0.15) is 0 Å². The number of hydrogen-bond donors (Lipinski definition) is 0. The lowest BCUT2D eigenvalue weighted by Crippen LogP contribution is -1.83. The van der Waals surface area contributed by atoms with Crippen LogP contribution in [0.25, 0.3) is 11.5 Å². The highest BCUT2D eigenvalue weighted by atomic mass is 35.5. The van der Waals surface area contributed by atoms with Gasteiger partial charge in [-0.05, 0) is 30.3 Å². The molecule has 0 aliphatic heterocycles. The summed E-state index contributed by atoms with van der Waals surface area (Å²) in [5.74, 6) is 3.17. The van der Waals surface area contributed by atoms with Gasteiger partial charge < -0.3 is 8.83 Å². The molecule has 0 radical (unpaired) electrons. The number of rotatable bonds is 5. The van der Waals surface area contributed by atoms with Crippen LogP contribution >= 0.6 is 23.4 Å². The molecule has 102 valence electrons. The molecule has 0 atom stereocenters. The van der Waals surface area contributed by atoms with Gasteiger partial charge in [0.15, 0.2) is 0 Å². The highest BCUT2D eigenvalue weighted by Gasteiger charge is 2.07. The van der Waals surface area contributed by atoms with Crippen LogP contribution in [0.3, 0.4) is 0 Å². The Kier molecular flexibility index (Phi) is 4.14. The summed E-state index contributed by atoms with van der Waals surface area (Å²) in [4.78, 5) is 4.46. The Morgan fingerprint density at radius 3 is 2.85 bits per heavy atom. The van der Waals surface area contributed by atoms with E-state index in [-0.39, 0.29) is 0 Å². The predicted octanol–water partition coefficient (Wildman–Crippen LogP) is 5.02. The second kappa shape index (κ2) is 6.20. The van der Waals surface area contributed by atoms with Gasteiger partial charge in [0.1, 0.15) is 12.0 Å². The molecule has 1 aromatic carbocycles. The molecule has 0 aliphatic rings. The first kappa shape index (κ1) is 13.3. The number of hydrogen-bond acceptors (Lipinski definition) is 4. The minimum absolute atomic E-state index is 0.598. The van der Waals surface area contributed by atoms with Crippen molar-refractivity contribution in [3.63, 3.8) is 0 Å². The number of furan rings is 1. The Bertz CT molecular complexity index is 679. The maximum absolute atomic E-state index is 5.96. The second-order valence-electron chi connectivity index (χ2n) is 4.23. The molecule has 0 saturated carbocycles. The Morgan fingerprint density at radius 2 is 2.05 bits per heavy atom. The first-order valence-electron chi connectivity index (χ1n) is 6.12.